The number of imidazole rings is 1. The zero-order valence-electron chi connectivity index (χ0n) is 15.3. The van der Waals surface area contributed by atoms with Gasteiger partial charge in [0.25, 0.3) is 0 Å². The van der Waals surface area contributed by atoms with Gasteiger partial charge in [-0.25, -0.2) is 4.98 Å². The summed E-state index contributed by atoms with van der Waals surface area (Å²) in [5, 5.41) is 10.3. The normalized spacial score (nSPS) is 16.6. The van der Waals surface area contributed by atoms with E-state index in [1.54, 1.807) is 6.33 Å². The molecule has 1 aliphatic rings. The van der Waals surface area contributed by atoms with E-state index in [0.29, 0.717) is 5.56 Å². The van der Waals surface area contributed by atoms with Crippen molar-refractivity contribution < 1.29 is 0 Å². The third-order valence-electron chi connectivity index (χ3n) is 5.40. The summed E-state index contributed by atoms with van der Waals surface area (Å²) in [6.07, 6.45) is 2.72. The molecule has 4 aromatic rings. The van der Waals surface area contributed by atoms with E-state index in [1.165, 1.54) is 5.69 Å². The lowest BCUT2D eigenvalue weighted by Gasteiger charge is -2.35. The van der Waals surface area contributed by atoms with Crippen LogP contribution in [0.4, 0.5) is 0 Å². The molecule has 0 spiro atoms. The molecule has 5 nitrogen and oxygen atoms in total. The van der Waals surface area contributed by atoms with Crippen LogP contribution in [0.2, 0.25) is 0 Å². The number of hydrogen-bond acceptors (Lipinski definition) is 4. The molecule has 0 amide bonds. The summed E-state index contributed by atoms with van der Waals surface area (Å²) in [7, 11) is 0. The van der Waals surface area contributed by atoms with Crippen LogP contribution in [0, 0.1) is 11.3 Å². The van der Waals surface area contributed by atoms with Crippen LogP contribution in [0.5, 0.6) is 0 Å². The van der Waals surface area contributed by atoms with Crippen LogP contribution in [-0.4, -0.2) is 26.4 Å². The second-order valence-corrected chi connectivity index (χ2v) is 7.12. The Balaban J connectivity index is 1.51. The van der Waals surface area contributed by atoms with Gasteiger partial charge < -0.3 is 4.98 Å². The number of pyridine rings is 1. The number of benzene rings is 2. The molecule has 0 fully saturated rings. The Morgan fingerprint density at radius 3 is 2.79 bits per heavy atom. The molecule has 3 heterocycles. The number of aromatic amines is 1. The maximum absolute atomic E-state index is 9.11. The van der Waals surface area contributed by atoms with E-state index >= 15 is 0 Å². The van der Waals surface area contributed by atoms with Gasteiger partial charge in [0.1, 0.15) is 0 Å². The molecule has 136 valence electrons. The highest BCUT2D eigenvalue weighted by atomic mass is 15.2. The first-order chi connectivity index (χ1) is 13.8. The minimum absolute atomic E-state index is 0.0519. The summed E-state index contributed by atoms with van der Waals surface area (Å²) in [4.78, 5) is 15.2. The predicted octanol–water partition coefficient (Wildman–Crippen LogP) is 3.98. The van der Waals surface area contributed by atoms with Crippen LogP contribution >= 0.6 is 0 Å². The Labute approximate surface area is 163 Å². The second kappa shape index (κ2) is 6.91. The van der Waals surface area contributed by atoms with Gasteiger partial charge in [0, 0.05) is 30.6 Å². The van der Waals surface area contributed by atoms with Crippen LogP contribution in [-0.2, 0) is 13.0 Å². The van der Waals surface area contributed by atoms with Crippen LogP contribution in [0.3, 0.4) is 0 Å². The van der Waals surface area contributed by atoms with Crippen molar-refractivity contribution in [2.45, 2.75) is 19.0 Å². The molecule has 5 rings (SSSR count). The average Bonchev–Trinajstić information content (AvgIpc) is 3.22. The van der Waals surface area contributed by atoms with Crippen LogP contribution in [0.15, 0.2) is 67.0 Å². The SMILES string of the molecule is N#Cc1ccc(C2c3nc[nH]c3CCN2Cc2ccc3ccccc3n2)cc1. The van der Waals surface area contributed by atoms with Gasteiger partial charge in [0.2, 0.25) is 0 Å². The Kier molecular flexibility index (Phi) is 4.12. The zero-order valence-corrected chi connectivity index (χ0v) is 15.3. The summed E-state index contributed by atoms with van der Waals surface area (Å²) >= 11 is 0. The molecule has 0 saturated carbocycles. The van der Waals surface area contributed by atoms with Gasteiger partial charge >= 0.3 is 0 Å². The minimum Gasteiger partial charge on any atom is -0.348 e. The number of fused-ring (bicyclic) bond motifs is 2. The Bertz CT molecular complexity index is 1170. The Hall–Kier alpha value is -3.49. The maximum Gasteiger partial charge on any atom is 0.0991 e. The van der Waals surface area contributed by atoms with Crippen molar-refractivity contribution in [3.63, 3.8) is 0 Å². The summed E-state index contributed by atoms with van der Waals surface area (Å²) in [5.41, 5.74) is 6.15. The second-order valence-electron chi connectivity index (χ2n) is 7.12. The fourth-order valence-corrected chi connectivity index (χ4v) is 4.01. The molecular formula is C23H19N5. The van der Waals surface area contributed by atoms with Gasteiger partial charge in [-0.3, -0.25) is 9.88 Å². The number of nitrogens with zero attached hydrogens (tertiary/aromatic N) is 4. The Morgan fingerprint density at radius 2 is 1.93 bits per heavy atom. The lowest BCUT2D eigenvalue weighted by atomic mass is 9.94. The Morgan fingerprint density at radius 1 is 1.07 bits per heavy atom. The summed E-state index contributed by atoms with van der Waals surface area (Å²) in [6.45, 7) is 1.68. The van der Waals surface area contributed by atoms with E-state index in [4.69, 9.17) is 10.2 Å². The number of rotatable bonds is 3. The molecule has 2 aromatic heterocycles. The monoisotopic (exact) mass is 365 g/mol. The van der Waals surface area contributed by atoms with E-state index in [-0.39, 0.29) is 6.04 Å². The van der Waals surface area contributed by atoms with Crippen LogP contribution in [0.25, 0.3) is 10.9 Å². The van der Waals surface area contributed by atoms with Gasteiger partial charge in [-0.05, 0) is 29.8 Å². The van der Waals surface area contributed by atoms with Crippen molar-refractivity contribution in [1.82, 2.24) is 19.9 Å². The maximum atomic E-state index is 9.11. The molecule has 1 aliphatic heterocycles. The molecule has 5 heteroatoms. The van der Waals surface area contributed by atoms with Gasteiger partial charge in [-0.1, -0.05) is 36.4 Å². The van der Waals surface area contributed by atoms with E-state index < -0.39 is 0 Å². The first kappa shape index (κ1) is 16.7. The van der Waals surface area contributed by atoms with Gasteiger partial charge in [0.15, 0.2) is 0 Å². The topological polar surface area (TPSA) is 68.6 Å². The number of para-hydroxylation sites is 1. The molecule has 1 N–H and O–H groups in total. The van der Waals surface area contributed by atoms with Crippen LogP contribution in [0.1, 0.15) is 34.3 Å². The number of aromatic nitrogens is 3. The predicted molar refractivity (Wildman–Crippen MR) is 107 cm³/mol. The van der Waals surface area contributed by atoms with Gasteiger partial charge in [-0.2, -0.15) is 5.26 Å². The standard InChI is InChI=1S/C23H19N5/c24-13-16-5-7-18(8-6-16)23-22-21(25-15-26-22)11-12-28(23)14-19-10-9-17-3-1-2-4-20(17)27-19/h1-10,15,23H,11-12,14H2,(H,25,26). The van der Waals surface area contributed by atoms with Crippen molar-refractivity contribution in [3.8, 4) is 6.07 Å². The van der Waals surface area contributed by atoms with Crippen molar-refractivity contribution >= 4 is 10.9 Å². The lowest BCUT2D eigenvalue weighted by Crippen LogP contribution is -2.36. The molecular weight excluding hydrogens is 346 g/mol. The molecule has 1 atom stereocenters. The summed E-state index contributed by atoms with van der Waals surface area (Å²) in [6, 6.07) is 22.5. The number of nitriles is 1. The molecule has 2 aromatic carbocycles. The van der Waals surface area contributed by atoms with Gasteiger partial charge in [-0.15, -0.1) is 0 Å². The number of H-pyrrole nitrogens is 1. The first-order valence-electron chi connectivity index (χ1n) is 9.43. The first-order valence-corrected chi connectivity index (χ1v) is 9.43. The molecule has 1 unspecified atom stereocenters. The van der Waals surface area contributed by atoms with Gasteiger partial charge in [0.05, 0.1) is 40.9 Å². The minimum atomic E-state index is 0.0519. The fourth-order valence-electron chi connectivity index (χ4n) is 4.01. The average molecular weight is 365 g/mol. The third-order valence-corrected chi connectivity index (χ3v) is 5.40. The summed E-state index contributed by atoms with van der Waals surface area (Å²) < 4.78 is 0. The quantitative estimate of drug-likeness (QED) is 0.596. The van der Waals surface area contributed by atoms with E-state index in [2.05, 4.69) is 45.2 Å². The van der Waals surface area contributed by atoms with E-state index in [0.717, 1.165) is 47.4 Å². The van der Waals surface area contributed by atoms with Crippen molar-refractivity contribution in [3.05, 3.63) is 95.2 Å². The van der Waals surface area contributed by atoms with Crippen molar-refractivity contribution in [2.75, 3.05) is 6.54 Å². The molecule has 28 heavy (non-hydrogen) atoms. The van der Waals surface area contributed by atoms with E-state index in [9.17, 15) is 0 Å². The van der Waals surface area contributed by atoms with Crippen LogP contribution < -0.4 is 0 Å². The fraction of sp³-hybridized carbons (Fsp3) is 0.174. The molecule has 0 radical (unpaired) electrons. The third kappa shape index (κ3) is 2.94. The highest BCUT2D eigenvalue weighted by Gasteiger charge is 2.31. The highest BCUT2D eigenvalue weighted by molar-refractivity contribution is 5.78. The molecule has 0 bridgehead atoms. The number of nitrogens with one attached hydrogen (secondary N) is 1. The van der Waals surface area contributed by atoms with Crippen molar-refractivity contribution in [2.24, 2.45) is 0 Å². The van der Waals surface area contributed by atoms with E-state index in [1.807, 2.05) is 36.4 Å². The summed E-state index contributed by atoms with van der Waals surface area (Å²) in [5.74, 6) is 0. The van der Waals surface area contributed by atoms with Crippen molar-refractivity contribution in [1.29, 1.82) is 5.26 Å². The lowest BCUT2D eigenvalue weighted by molar-refractivity contribution is 0.198. The molecule has 0 aliphatic carbocycles. The number of hydrogen-bond donors (Lipinski definition) is 1. The zero-order chi connectivity index (χ0) is 18.9. The molecule has 0 saturated heterocycles. The highest BCUT2D eigenvalue weighted by Crippen LogP contribution is 2.34. The largest absolute Gasteiger partial charge is 0.348 e. The smallest absolute Gasteiger partial charge is 0.0991 e.